The Bertz CT molecular complexity index is 1100. The van der Waals surface area contributed by atoms with Crippen molar-refractivity contribution >= 4 is 11.8 Å². The van der Waals surface area contributed by atoms with Crippen molar-refractivity contribution < 1.29 is 23.5 Å². The highest BCUT2D eigenvalue weighted by Crippen LogP contribution is 2.24. The van der Waals surface area contributed by atoms with E-state index in [1.54, 1.807) is 31.4 Å². The summed E-state index contributed by atoms with van der Waals surface area (Å²) in [6, 6.07) is 9.63. The molecule has 0 saturated heterocycles. The number of furan rings is 1. The molecule has 1 atom stereocenters. The number of methoxy groups -OCH3 is 1. The molecule has 0 fully saturated rings. The molecule has 2 amide bonds. The largest absolute Gasteiger partial charge is 0.497 e. The van der Waals surface area contributed by atoms with Crippen molar-refractivity contribution in [3.05, 3.63) is 48.4 Å². The van der Waals surface area contributed by atoms with Crippen LogP contribution in [0.2, 0.25) is 0 Å². The van der Waals surface area contributed by atoms with Gasteiger partial charge in [-0.2, -0.15) is 4.80 Å². The molecule has 0 aliphatic heterocycles. The summed E-state index contributed by atoms with van der Waals surface area (Å²) in [5.41, 5.74) is 0.240. The van der Waals surface area contributed by atoms with E-state index < -0.39 is 11.6 Å². The van der Waals surface area contributed by atoms with E-state index >= 15 is 0 Å². The number of hydrogen-bond acceptors (Lipinski definition) is 8. The van der Waals surface area contributed by atoms with Crippen LogP contribution in [-0.2, 0) is 20.9 Å². The Hall–Kier alpha value is -3.73. The van der Waals surface area contributed by atoms with Gasteiger partial charge in [0.05, 0.1) is 13.4 Å². The monoisotopic (exact) mass is 498 g/mol. The van der Waals surface area contributed by atoms with Crippen molar-refractivity contribution in [2.75, 3.05) is 26.9 Å². The van der Waals surface area contributed by atoms with Crippen LogP contribution in [-0.4, -0.2) is 69.3 Å². The van der Waals surface area contributed by atoms with Gasteiger partial charge in [-0.05, 0) is 75.7 Å². The minimum absolute atomic E-state index is 0.197. The fourth-order valence-electron chi connectivity index (χ4n) is 3.57. The van der Waals surface area contributed by atoms with E-state index in [-0.39, 0.29) is 24.9 Å². The van der Waals surface area contributed by atoms with Crippen molar-refractivity contribution in [3.8, 4) is 17.1 Å². The van der Waals surface area contributed by atoms with Gasteiger partial charge in [0.1, 0.15) is 18.1 Å². The Labute approximate surface area is 210 Å². The summed E-state index contributed by atoms with van der Waals surface area (Å²) in [5, 5.41) is 15.4. The lowest BCUT2D eigenvalue weighted by atomic mass is 10.1. The molecular weight excluding hydrogens is 464 g/mol. The fourth-order valence-corrected chi connectivity index (χ4v) is 3.57. The third-order valence-electron chi connectivity index (χ3n) is 5.16. The SMILES string of the molecule is CCOCCCN(C(=O)Cn1nnc(-c2ccc(OC)cc2)n1)C(C(=O)NC(C)(C)C)c1ccco1. The summed E-state index contributed by atoms with van der Waals surface area (Å²) in [6.07, 6.45) is 2.02. The topological polar surface area (TPSA) is 125 Å². The average molecular weight is 499 g/mol. The van der Waals surface area contributed by atoms with Crippen LogP contribution in [0.15, 0.2) is 47.1 Å². The first-order valence-electron chi connectivity index (χ1n) is 11.9. The Balaban J connectivity index is 1.84. The minimum Gasteiger partial charge on any atom is -0.497 e. The number of rotatable bonds is 12. The maximum atomic E-state index is 13.5. The van der Waals surface area contributed by atoms with Crippen molar-refractivity contribution in [2.45, 2.75) is 52.2 Å². The lowest BCUT2D eigenvalue weighted by Crippen LogP contribution is -2.50. The number of nitrogens with one attached hydrogen (secondary N) is 1. The second-order valence-electron chi connectivity index (χ2n) is 9.17. The summed E-state index contributed by atoms with van der Waals surface area (Å²) >= 11 is 0. The lowest BCUT2D eigenvalue weighted by molar-refractivity contribution is -0.143. The summed E-state index contributed by atoms with van der Waals surface area (Å²) in [7, 11) is 1.59. The molecule has 0 saturated carbocycles. The zero-order valence-electron chi connectivity index (χ0n) is 21.4. The van der Waals surface area contributed by atoms with Crippen LogP contribution in [0, 0.1) is 0 Å². The first-order chi connectivity index (χ1) is 17.2. The molecule has 194 valence electrons. The number of aromatic nitrogens is 4. The van der Waals surface area contributed by atoms with E-state index in [4.69, 9.17) is 13.9 Å². The third kappa shape index (κ3) is 7.38. The van der Waals surface area contributed by atoms with E-state index in [2.05, 4.69) is 20.7 Å². The zero-order chi connectivity index (χ0) is 26.1. The molecule has 0 radical (unpaired) electrons. The molecule has 0 spiro atoms. The Morgan fingerprint density at radius 2 is 1.94 bits per heavy atom. The molecule has 3 aromatic rings. The van der Waals surface area contributed by atoms with Crippen LogP contribution in [0.1, 0.15) is 45.9 Å². The second-order valence-corrected chi connectivity index (χ2v) is 9.17. The number of hydrogen-bond donors (Lipinski definition) is 1. The molecule has 0 aliphatic rings. The number of ether oxygens (including phenoxy) is 2. The van der Waals surface area contributed by atoms with Crippen LogP contribution in [0.25, 0.3) is 11.4 Å². The van der Waals surface area contributed by atoms with Crippen LogP contribution in [0.4, 0.5) is 0 Å². The molecule has 3 rings (SSSR count). The zero-order valence-corrected chi connectivity index (χ0v) is 21.4. The van der Waals surface area contributed by atoms with E-state index in [9.17, 15) is 9.59 Å². The second kappa shape index (κ2) is 12.3. The van der Waals surface area contributed by atoms with Gasteiger partial charge in [0.15, 0.2) is 6.04 Å². The number of amides is 2. The molecule has 11 heteroatoms. The van der Waals surface area contributed by atoms with Gasteiger partial charge in [-0.15, -0.1) is 10.2 Å². The normalized spacial score (nSPS) is 12.2. The van der Waals surface area contributed by atoms with Crippen molar-refractivity contribution in [1.29, 1.82) is 0 Å². The number of nitrogens with zero attached hydrogens (tertiary/aromatic N) is 5. The van der Waals surface area contributed by atoms with Crippen molar-refractivity contribution in [1.82, 2.24) is 30.4 Å². The molecule has 0 aliphatic carbocycles. The Morgan fingerprint density at radius 3 is 2.56 bits per heavy atom. The molecule has 2 aromatic heterocycles. The van der Waals surface area contributed by atoms with E-state index in [1.807, 2.05) is 39.8 Å². The van der Waals surface area contributed by atoms with Crippen molar-refractivity contribution in [3.63, 3.8) is 0 Å². The molecule has 0 bridgehead atoms. The van der Waals surface area contributed by atoms with Crippen LogP contribution in [0.3, 0.4) is 0 Å². The van der Waals surface area contributed by atoms with Gasteiger partial charge >= 0.3 is 0 Å². The summed E-state index contributed by atoms with van der Waals surface area (Å²) in [5.74, 6) is 0.762. The summed E-state index contributed by atoms with van der Waals surface area (Å²) in [6.45, 7) is 8.65. The molecule has 1 unspecified atom stereocenters. The van der Waals surface area contributed by atoms with Gasteiger partial charge in [-0.25, -0.2) is 0 Å². The molecule has 11 nitrogen and oxygen atoms in total. The van der Waals surface area contributed by atoms with E-state index in [0.29, 0.717) is 37.0 Å². The number of benzene rings is 1. The number of carbonyl (C=O) groups excluding carboxylic acids is 2. The Morgan fingerprint density at radius 1 is 1.19 bits per heavy atom. The quantitative estimate of drug-likeness (QED) is 0.378. The maximum absolute atomic E-state index is 13.5. The van der Waals surface area contributed by atoms with Gasteiger partial charge in [0.25, 0.3) is 5.91 Å². The van der Waals surface area contributed by atoms with Gasteiger partial charge < -0.3 is 24.1 Å². The third-order valence-corrected chi connectivity index (χ3v) is 5.16. The summed E-state index contributed by atoms with van der Waals surface area (Å²) in [4.78, 5) is 29.6. The highest BCUT2D eigenvalue weighted by Gasteiger charge is 2.35. The van der Waals surface area contributed by atoms with Crippen LogP contribution >= 0.6 is 0 Å². The maximum Gasteiger partial charge on any atom is 0.251 e. The first kappa shape index (κ1) is 26.9. The summed E-state index contributed by atoms with van der Waals surface area (Å²) < 4.78 is 16.2. The lowest BCUT2D eigenvalue weighted by Gasteiger charge is -2.32. The predicted octanol–water partition coefficient (Wildman–Crippen LogP) is 2.85. The highest BCUT2D eigenvalue weighted by atomic mass is 16.5. The molecule has 1 N–H and O–H groups in total. The minimum atomic E-state index is -0.960. The Kier molecular flexibility index (Phi) is 9.18. The van der Waals surface area contributed by atoms with Gasteiger partial charge in [-0.1, -0.05) is 0 Å². The van der Waals surface area contributed by atoms with E-state index in [0.717, 1.165) is 5.56 Å². The highest BCUT2D eigenvalue weighted by molar-refractivity contribution is 5.88. The standard InChI is InChI=1S/C25H34N6O5/c1-6-35-15-8-14-30(22(20-9-7-16-36-20)24(33)26-25(2,3)4)21(32)17-31-28-23(27-29-31)18-10-12-19(34-5)13-11-18/h7,9-13,16,22H,6,8,14-15,17H2,1-5H3,(H,26,33). The molecule has 36 heavy (non-hydrogen) atoms. The molecule has 1 aromatic carbocycles. The van der Waals surface area contributed by atoms with Gasteiger partial charge in [0.2, 0.25) is 11.7 Å². The predicted molar refractivity (Wildman–Crippen MR) is 132 cm³/mol. The average Bonchev–Trinajstić information content (AvgIpc) is 3.52. The molecular formula is C25H34N6O5. The van der Waals surface area contributed by atoms with Crippen molar-refractivity contribution in [2.24, 2.45) is 0 Å². The van der Waals surface area contributed by atoms with Crippen LogP contribution < -0.4 is 10.1 Å². The number of tetrazole rings is 1. The van der Waals surface area contributed by atoms with Gasteiger partial charge in [-0.3, -0.25) is 9.59 Å². The number of carbonyl (C=O) groups is 2. The van der Waals surface area contributed by atoms with Gasteiger partial charge in [0, 0.05) is 30.9 Å². The van der Waals surface area contributed by atoms with E-state index in [1.165, 1.54) is 16.0 Å². The van der Waals surface area contributed by atoms with Crippen LogP contribution in [0.5, 0.6) is 5.75 Å². The fraction of sp³-hybridized carbons (Fsp3) is 0.480. The molecule has 2 heterocycles. The smallest absolute Gasteiger partial charge is 0.251 e. The first-order valence-corrected chi connectivity index (χ1v) is 11.9.